The average molecular weight is 346 g/mol. The van der Waals surface area contributed by atoms with Crippen molar-refractivity contribution in [3.8, 4) is 6.07 Å². The zero-order chi connectivity index (χ0) is 18.1. The number of pyridine rings is 1. The van der Waals surface area contributed by atoms with Crippen molar-refractivity contribution in [2.45, 2.75) is 6.92 Å². The Morgan fingerprint density at radius 1 is 1.15 bits per heavy atom. The molecule has 6 nitrogen and oxygen atoms in total. The molecule has 130 valence electrons. The van der Waals surface area contributed by atoms with Crippen LogP contribution in [0.4, 0.5) is 5.82 Å². The summed E-state index contributed by atoms with van der Waals surface area (Å²) in [4.78, 5) is 21.1. The molecule has 0 saturated carbocycles. The number of rotatable bonds is 2. The van der Waals surface area contributed by atoms with Gasteiger partial charge in [-0.15, -0.1) is 0 Å². The van der Waals surface area contributed by atoms with E-state index in [0.29, 0.717) is 43.3 Å². The zero-order valence-electron chi connectivity index (χ0n) is 14.5. The van der Waals surface area contributed by atoms with Gasteiger partial charge in [-0.1, -0.05) is 18.2 Å². The fourth-order valence-corrected chi connectivity index (χ4v) is 3.38. The number of hydrogen-bond acceptors (Lipinski definition) is 5. The summed E-state index contributed by atoms with van der Waals surface area (Å²) in [6.07, 6.45) is 1.69. The minimum atomic E-state index is -0.0834. The topological polar surface area (TPSA) is 73.4 Å². The van der Waals surface area contributed by atoms with E-state index in [2.05, 4.69) is 11.1 Å². The van der Waals surface area contributed by atoms with Crippen molar-refractivity contribution in [1.29, 1.82) is 5.26 Å². The van der Waals surface area contributed by atoms with E-state index in [1.54, 1.807) is 23.2 Å². The van der Waals surface area contributed by atoms with Crippen molar-refractivity contribution in [3.63, 3.8) is 0 Å². The molecule has 2 aromatic heterocycles. The lowest BCUT2D eigenvalue weighted by molar-refractivity contribution is 0.0716. The number of aromatic nitrogens is 1. The van der Waals surface area contributed by atoms with Gasteiger partial charge >= 0.3 is 0 Å². The number of aryl methyl sites for hydroxylation is 1. The Labute approximate surface area is 151 Å². The molecule has 0 unspecified atom stereocenters. The molecule has 1 saturated heterocycles. The van der Waals surface area contributed by atoms with E-state index >= 15 is 0 Å². The number of anilines is 1. The van der Waals surface area contributed by atoms with Gasteiger partial charge in [-0.2, -0.15) is 5.26 Å². The minimum absolute atomic E-state index is 0.0834. The number of benzene rings is 1. The van der Waals surface area contributed by atoms with Crippen LogP contribution in [-0.2, 0) is 0 Å². The van der Waals surface area contributed by atoms with Gasteiger partial charge in [0, 0.05) is 43.3 Å². The van der Waals surface area contributed by atoms with E-state index in [1.165, 1.54) is 0 Å². The molecule has 0 atom stereocenters. The fourth-order valence-electron chi connectivity index (χ4n) is 3.38. The van der Waals surface area contributed by atoms with Gasteiger partial charge in [0.15, 0.2) is 5.76 Å². The summed E-state index contributed by atoms with van der Waals surface area (Å²) in [6, 6.07) is 13.4. The number of nitriles is 1. The number of carbonyl (C=O) groups is 1. The molecule has 3 heterocycles. The molecular weight excluding hydrogens is 328 g/mol. The molecule has 6 heteroatoms. The lowest BCUT2D eigenvalue weighted by atomic mass is 10.1. The molecule has 3 aromatic rings. The SMILES string of the molecule is Cc1c(C(=O)N2CCN(c3ncccc3C#N)CC2)oc2ccccc12. The van der Waals surface area contributed by atoms with Crippen molar-refractivity contribution in [2.24, 2.45) is 0 Å². The molecule has 26 heavy (non-hydrogen) atoms. The highest BCUT2D eigenvalue weighted by Crippen LogP contribution is 2.26. The van der Waals surface area contributed by atoms with E-state index in [9.17, 15) is 10.1 Å². The van der Waals surface area contributed by atoms with Gasteiger partial charge in [0.2, 0.25) is 0 Å². The van der Waals surface area contributed by atoms with Crippen molar-refractivity contribution in [1.82, 2.24) is 9.88 Å². The van der Waals surface area contributed by atoms with Crippen LogP contribution in [0, 0.1) is 18.3 Å². The normalized spacial score (nSPS) is 14.5. The number of para-hydroxylation sites is 1. The van der Waals surface area contributed by atoms with Crippen LogP contribution >= 0.6 is 0 Å². The lowest BCUT2D eigenvalue weighted by Crippen LogP contribution is -2.49. The summed E-state index contributed by atoms with van der Waals surface area (Å²) in [5.41, 5.74) is 2.17. The molecular formula is C20H18N4O2. The van der Waals surface area contributed by atoms with Gasteiger partial charge in [0.05, 0.1) is 5.56 Å². The van der Waals surface area contributed by atoms with Crippen molar-refractivity contribution in [3.05, 3.63) is 59.5 Å². The van der Waals surface area contributed by atoms with Gasteiger partial charge < -0.3 is 14.2 Å². The Bertz CT molecular complexity index is 1010. The molecule has 1 aliphatic heterocycles. The molecule has 1 amide bonds. The van der Waals surface area contributed by atoms with E-state index < -0.39 is 0 Å². The third kappa shape index (κ3) is 2.68. The first-order valence-corrected chi connectivity index (χ1v) is 8.56. The van der Waals surface area contributed by atoms with Crippen LogP contribution in [-0.4, -0.2) is 42.0 Å². The second-order valence-corrected chi connectivity index (χ2v) is 6.32. The molecule has 0 aliphatic carbocycles. The van der Waals surface area contributed by atoms with E-state index in [-0.39, 0.29) is 5.91 Å². The van der Waals surface area contributed by atoms with Crippen LogP contribution < -0.4 is 4.90 Å². The van der Waals surface area contributed by atoms with Gasteiger partial charge in [-0.05, 0) is 25.1 Å². The quantitative estimate of drug-likeness (QED) is 0.713. The summed E-state index contributed by atoms with van der Waals surface area (Å²) < 4.78 is 5.80. The summed E-state index contributed by atoms with van der Waals surface area (Å²) in [6.45, 7) is 4.32. The minimum Gasteiger partial charge on any atom is -0.451 e. The molecule has 1 aromatic carbocycles. The number of hydrogen-bond donors (Lipinski definition) is 0. The maximum Gasteiger partial charge on any atom is 0.290 e. The summed E-state index contributed by atoms with van der Waals surface area (Å²) in [7, 11) is 0. The highest BCUT2D eigenvalue weighted by molar-refractivity contribution is 5.99. The molecule has 4 rings (SSSR count). The van der Waals surface area contributed by atoms with Crippen molar-refractivity contribution < 1.29 is 9.21 Å². The monoisotopic (exact) mass is 346 g/mol. The smallest absolute Gasteiger partial charge is 0.290 e. The third-order valence-corrected chi connectivity index (χ3v) is 4.81. The van der Waals surface area contributed by atoms with Crippen molar-refractivity contribution in [2.75, 3.05) is 31.1 Å². The number of fused-ring (bicyclic) bond motifs is 1. The van der Waals surface area contributed by atoms with Crippen LogP contribution in [0.5, 0.6) is 0 Å². The maximum atomic E-state index is 12.9. The highest BCUT2D eigenvalue weighted by Gasteiger charge is 2.27. The first kappa shape index (κ1) is 16.2. The van der Waals surface area contributed by atoms with Crippen LogP contribution in [0.2, 0.25) is 0 Å². The number of furan rings is 1. The summed E-state index contributed by atoms with van der Waals surface area (Å²) >= 11 is 0. The van der Waals surface area contributed by atoms with E-state index in [0.717, 1.165) is 16.5 Å². The van der Waals surface area contributed by atoms with E-state index in [4.69, 9.17) is 4.42 Å². The molecule has 1 fully saturated rings. The summed E-state index contributed by atoms with van der Waals surface area (Å²) in [5.74, 6) is 1.01. The van der Waals surface area contributed by atoms with Crippen LogP contribution in [0.1, 0.15) is 21.7 Å². The van der Waals surface area contributed by atoms with Crippen LogP contribution in [0.15, 0.2) is 47.0 Å². The molecule has 0 spiro atoms. The summed E-state index contributed by atoms with van der Waals surface area (Å²) in [5, 5.41) is 10.2. The average Bonchev–Trinajstić information content (AvgIpc) is 3.04. The van der Waals surface area contributed by atoms with Crippen LogP contribution in [0.25, 0.3) is 11.0 Å². The van der Waals surface area contributed by atoms with Gasteiger partial charge in [-0.25, -0.2) is 4.98 Å². The number of amides is 1. The molecule has 0 radical (unpaired) electrons. The Morgan fingerprint density at radius 3 is 2.65 bits per heavy atom. The predicted octanol–water partition coefficient (Wildman–Crippen LogP) is 2.97. The molecule has 1 aliphatic rings. The predicted molar refractivity (Wildman–Crippen MR) is 98.0 cm³/mol. The van der Waals surface area contributed by atoms with Crippen LogP contribution in [0.3, 0.4) is 0 Å². The zero-order valence-corrected chi connectivity index (χ0v) is 14.5. The third-order valence-electron chi connectivity index (χ3n) is 4.81. The maximum absolute atomic E-state index is 12.9. The largest absolute Gasteiger partial charge is 0.451 e. The van der Waals surface area contributed by atoms with Gasteiger partial charge in [0.25, 0.3) is 5.91 Å². The number of piperazine rings is 1. The number of carbonyl (C=O) groups excluding carboxylic acids is 1. The molecule has 0 N–H and O–H groups in total. The Hall–Kier alpha value is -3.33. The van der Waals surface area contributed by atoms with E-state index in [1.807, 2.05) is 36.1 Å². The molecule has 0 bridgehead atoms. The lowest BCUT2D eigenvalue weighted by Gasteiger charge is -2.35. The first-order chi connectivity index (χ1) is 12.7. The Kier molecular flexibility index (Phi) is 4.05. The second-order valence-electron chi connectivity index (χ2n) is 6.32. The number of nitrogens with zero attached hydrogens (tertiary/aromatic N) is 4. The Morgan fingerprint density at radius 2 is 1.92 bits per heavy atom. The van der Waals surface area contributed by atoms with Gasteiger partial charge in [-0.3, -0.25) is 4.79 Å². The Balaban J connectivity index is 1.52. The highest BCUT2D eigenvalue weighted by atomic mass is 16.3. The second kappa shape index (κ2) is 6.52. The standard InChI is InChI=1S/C20H18N4O2/c1-14-16-6-2-3-7-17(16)26-18(14)20(25)24-11-9-23(10-12-24)19-15(13-21)5-4-8-22-19/h2-8H,9-12H2,1H3. The van der Waals surface area contributed by atoms with Crippen molar-refractivity contribution >= 4 is 22.7 Å². The fraction of sp³-hybridized carbons (Fsp3) is 0.250. The first-order valence-electron chi connectivity index (χ1n) is 8.56. The van der Waals surface area contributed by atoms with Gasteiger partial charge in [0.1, 0.15) is 17.5 Å².